The van der Waals surface area contributed by atoms with Crippen molar-refractivity contribution in [3.63, 3.8) is 0 Å². The van der Waals surface area contributed by atoms with Crippen LogP contribution in [0, 0.1) is 6.92 Å². The molecule has 3 aromatic rings. The molecule has 2 aromatic carbocycles. The van der Waals surface area contributed by atoms with Crippen LogP contribution in [-0.2, 0) is 6.42 Å². The third kappa shape index (κ3) is 2.93. The minimum atomic E-state index is -0.458. The molecule has 2 N–H and O–H groups in total. The molecule has 0 atom stereocenters. The van der Waals surface area contributed by atoms with Crippen molar-refractivity contribution in [1.82, 2.24) is 10.3 Å². The molecule has 0 unspecified atom stereocenters. The van der Waals surface area contributed by atoms with Crippen LogP contribution in [0.2, 0.25) is 0 Å². The molecule has 5 nitrogen and oxygen atoms in total. The molecule has 0 aliphatic heterocycles. The average molecular weight is 296 g/mol. The Bertz CT molecular complexity index is 877. The van der Waals surface area contributed by atoms with Gasteiger partial charge in [0.1, 0.15) is 0 Å². The van der Waals surface area contributed by atoms with Gasteiger partial charge in [-0.2, -0.15) is 0 Å². The average Bonchev–Trinajstić information content (AvgIpc) is 2.87. The highest BCUT2D eigenvalue weighted by Crippen LogP contribution is 2.12. The molecule has 0 bridgehead atoms. The van der Waals surface area contributed by atoms with E-state index < -0.39 is 5.76 Å². The maximum atomic E-state index is 12.1. The van der Waals surface area contributed by atoms with Crippen LogP contribution >= 0.6 is 0 Å². The van der Waals surface area contributed by atoms with Crippen LogP contribution in [0.15, 0.2) is 51.7 Å². The number of rotatable bonds is 4. The van der Waals surface area contributed by atoms with Gasteiger partial charge >= 0.3 is 5.76 Å². The number of hydrogen-bond donors (Lipinski definition) is 2. The largest absolute Gasteiger partial charge is 0.417 e. The number of benzene rings is 2. The van der Waals surface area contributed by atoms with Crippen molar-refractivity contribution >= 4 is 17.0 Å². The first-order chi connectivity index (χ1) is 10.6. The Morgan fingerprint density at radius 1 is 1.23 bits per heavy atom. The summed E-state index contributed by atoms with van der Waals surface area (Å²) in [6, 6.07) is 13.0. The zero-order valence-electron chi connectivity index (χ0n) is 12.2. The topological polar surface area (TPSA) is 75.1 Å². The lowest BCUT2D eigenvalue weighted by molar-refractivity contribution is 0.0953. The molecule has 0 saturated heterocycles. The lowest BCUT2D eigenvalue weighted by atomic mass is 10.1. The summed E-state index contributed by atoms with van der Waals surface area (Å²) >= 11 is 0. The molecule has 3 rings (SSSR count). The number of hydrogen-bond acceptors (Lipinski definition) is 3. The first-order valence-corrected chi connectivity index (χ1v) is 7.09. The van der Waals surface area contributed by atoms with E-state index in [4.69, 9.17) is 4.42 Å². The van der Waals surface area contributed by atoms with Gasteiger partial charge in [-0.15, -0.1) is 0 Å². The van der Waals surface area contributed by atoms with Gasteiger partial charge in [0.2, 0.25) is 0 Å². The van der Waals surface area contributed by atoms with Crippen LogP contribution < -0.4 is 11.1 Å². The maximum Gasteiger partial charge on any atom is 0.417 e. The van der Waals surface area contributed by atoms with Crippen molar-refractivity contribution in [1.29, 1.82) is 0 Å². The number of nitrogens with one attached hydrogen (secondary N) is 2. The number of amides is 1. The number of carbonyl (C=O) groups excluding carboxylic acids is 1. The minimum Gasteiger partial charge on any atom is -0.408 e. The summed E-state index contributed by atoms with van der Waals surface area (Å²) in [4.78, 5) is 25.8. The third-order valence-electron chi connectivity index (χ3n) is 3.57. The smallest absolute Gasteiger partial charge is 0.408 e. The monoisotopic (exact) mass is 296 g/mol. The van der Waals surface area contributed by atoms with E-state index in [1.165, 1.54) is 0 Å². The van der Waals surface area contributed by atoms with Crippen LogP contribution in [0.3, 0.4) is 0 Å². The first-order valence-electron chi connectivity index (χ1n) is 7.09. The Morgan fingerprint density at radius 2 is 2.05 bits per heavy atom. The van der Waals surface area contributed by atoms with E-state index in [9.17, 15) is 9.59 Å². The minimum absolute atomic E-state index is 0.0732. The molecule has 1 heterocycles. The predicted molar refractivity (Wildman–Crippen MR) is 84.1 cm³/mol. The molecule has 112 valence electrons. The Hall–Kier alpha value is -2.82. The van der Waals surface area contributed by atoms with Crippen molar-refractivity contribution in [2.75, 3.05) is 6.54 Å². The zero-order valence-corrected chi connectivity index (χ0v) is 12.2. The van der Waals surface area contributed by atoms with Crippen LogP contribution in [0.4, 0.5) is 0 Å². The van der Waals surface area contributed by atoms with Gasteiger partial charge in [0, 0.05) is 12.1 Å². The second-order valence-corrected chi connectivity index (χ2v) is 5.17. The number of aromatic amines is 1. The standard InChI is InChI=1S/C17H16N2O3/c1-11-4-2-3-5-13(11)16(20)18-9-8-12-6-7-15-14(10-12)19-17(21)22-15/h2-7,10H,8-9H2,1H3,(H,18,20)(H,19,21). The molecule has 0 aliphatic rings. The van der Waals surface area contributed by atoms with E-state index in [-0.39, 0.29) is 5.91 Å². The molecular weight excluding hydrogens is 280 g/mol. The summed E-state index contributed by atoms with van der Waals surface area (Å²) in [6.07, 6.45) is 0.681. The van der Waals surface area contributed by atoms with E-state index in [0.717, 1.165) is 11.1 Å². The zero-order chi connectivity index (χ0) is 15.5. The molecule has 5 heteroatoms. The lowest BCUT2D eigenvalue weighted by Gasteiger charge is -2.07. The fourth-order valence-electron chi connectivity index (χ4n) is 2.40. The summed E-state index contributed by atoms with van der Waals surface area (Å²) in [7, 11) is 0. The molecule has 1 amide bonds. The normalized spacial score (nSPS) is 10.8. The fraction of sp³-hybridized carbons (Fsp3) is 0.176. The van der Waals surface area contributed by atoms with Crippen LogP contribution in [0.1, 0.15) is 21.5 Å². The molecule has 0 spiro atoms. The van der Waals surface area contributed by atoms with Gasteiger partial charge in [-0.05, 0) is 42.7 Å². The van der Waals surface area contributed by atoms with Crippen molar-refractivity contribution in [2.45, 2.75) is 13.3 Å². The van der Waals surface area contributed by atoms with Crippen molar-refractivity contribution in [3.05, 3.63) is 69.7 Å². The summed E-state index contributed by atoms with van der Waals surface area (Å²) in [5.74, 6) is -0.532. The van der Waals surface area contributed by atoms with E-state index in [0.29, 0.717) is 29.6 Å². The highest BCUT2D eigenvalue weighted by atomic mass is 16.4. The molecule has 1 aromatic heterocycles. The molecule has 22 heavy (non-hydrogen) atoms. The van der Waals surface area contributed by atoms with Gasteiger partial charge in [-0.1, -0.05) is 24.3 Å². The summed E-state index contributed by atoms with van der Waals surface area (Å²) in [6.45, 7) is 2.44. The van der Waals surface area contributed by atoms with Gasteiger partial charge in [0.25, 0.3) is 5.91 Å². The van der Waals surface area contributed by atoms with Gasteiger partial charge < -0.3 is 9.73 Å². The van der Waals surface area contributed by atoms with Crippen molar-refractivity contribution < 1.29 is 9.21 Å². The maximum absolute atomic E-state index is 12.1. The van der Waals surface area contributed by atoms with E-state index in [2.05, 4.69) is 10.3 Å². The number of H-pyrrole nitrogens is 1. The molecule has 0 aliphatic carbocycles. The summed E-state index contributed by atoms with van der Waals surface area (Å²) < 4.78 is 4.96. The van der Waals surface area contributed by atoms with Crippen molar-refractivity contribution in [3.8, 4) is 0 Å². The Balaban J connectivity index is 1.63. The number of carbonyl (C=O) groups is 1. The van der Waals surface area contributed by atoms with Crippen LogP contribution in [-0.4, -0.2) is 17.4 Å². The van der Waals surface area contributed by atoms with Gasteiger partial charge in [-0.3, -0.25) is 9.78 Å². The summed E-state index contributed by atoms with van der Waals surface area (Å²) in [5.41, 5.74) is 3.88. The molecule has 0 radical (unpaired) electrons. The molecule has 0 saturated carbocycles. The molecular formula is C17H16N2O3. The third-order valence-corrected chi connectivity index (χ3v) is 3.57. The van der Waals surface area contributed by atoms with Gasteiger partial charge in [0.05, 0.1) is 5.52 Å². The number of aromatic nitrogens is 1. The molecule has 0 fully saturated rings. The number of aryl methyl sites for hydroxylation is 1. The Labute approximate surface area is 127 Å². The first kappa shape index (κ1) is 14.1. The summed E-state index contributed by atoms with van der Waals surface area (Å²) in [5, 5.41) is 2.91. The highest BCUT2D eigenvalue weighted by Gasteiger charge is 2.07. The lowest BCUT2D eigenvalue weighted by Crippen LogP contribution is -2.26. The highest BCUT2D eigenvalue weighted by molar-refractivity contribution is 5.95. The second kappa shape index (κ2) is 5.89. The Kier molecular flexibility index (Phi) is 3.78. The quantitative estimate of drug-likeness (QED) is 0.776. The SMILES string of the molecule is Cc1ccccc1C(=O)NCCc1ccc2oc(=O)[nH]c2c1. The van der Waals surface area contributed by atoms with E-state index >= 15 is 0 Å². The van der Waals surface area contributed by atoms with E-state index in [1.807, 2.05) is 43.3 Å². The van der Waals surface area contributed by atoms with Crippen LogP contribution in [0.5, 0.6) is 0 Å². The van der Waals surface area contributed by atoms with Crippen molar-refractivity contribution in [2.24, 2.45) is 0 Å². The fourth-order valence-corrected chi connectivity index (χ4v) is 2.40. The Morgan fingerprint density at radius 3 is 2.86 bits per heavy atom. The number of fused-ring (bicyclic) bond motifs is 1. The van der Waals surface area contributed by atoms with E-state index in [1.54, 1.807) is 6.07 Å². The van der Waals surface area contributed by atoms with Crippen LogP contribution in [0.25, 0.3) is 11.1 Å². The second-order valence-electron chi connectivity index (χ2n) is 5.17. The number of oxazole rings is 1. The predicted octanol–water partition coefficient (Wildman–Crippen LogP) is 2.40. The van der Waals surface area contributed by atoms with Gasteiger partial charge in [0.15, 0.2) is 5.58 Å². The van der Waals surface area contributed by atoms with Gasteiger partial charge in [-0.25, -0.2) is 4.79 Å².